The van der Waals surface area contributed by atoms with Crippen LogP contribution in [-0.2, 0) is 0 Å². The monoisotopic (exact) mass is 825 g/mol. The molecule has 7 N–H and O–H groups in total. The van der Waals surface area contributed by atoms with Gasteiger partial charge in [-0.05, 0) is 0 Å². The van der Waals surface area contributed by atoms with Crippen molar-refractivity contribution in [3.8, 4) is 0 Å². The molecule has 0 radical (unpaired) electrons. The molecule has 0 aromatic carbocycles. The largest absolute Gasteiger partial charge is 1.00 e. The zero-order valence-corrected chi connectivity index (χ0v) is 19.5. The van der Waals surface area contributed by atoms with E-state index >= 15 is 0 Å². The molecule has 2 heterocycles. The maximum atomic E-state index is 5.52. The van der Waals surface area contributed by atoms with Gasteiger partial charge in [0.1, 0.15) is 0 Å². The first kappa shape index (κ1) is 24.3. The van der Waals surface area contributed by atoms with Crippen molar-refractivity contribution in [2.24, 2.45) is 0 Å². The second-order valence-corrected chi connectivity index (χ2v) is 18.3. The number of fused-ring (bicyclic) bond motifs is 1. The van der Waals surface area contributed by atoms with E-state index < -0.39 is 0 Å². The second kappa shape index (κ2) is 16.3. The summed E-state index contributed by atoms with van der Waals surface area (Å²) in [5.41, 5.74) is 7.18. The van der Waals surface area contributed by atoms with Gasteiger partial charge in [0.15, 0.2) is 6.33 Å². The molecule has 6 nitrogen and oxygen atoms in total. The Balaban J connectivity index is -0.000000249. The summed E-state index contributed by atoms with van der Waals surface area (Å²) in [7, 11) is 0. The van der Waals surface area contributed by atoms with Gasteiger partial charge in [-0.15, -0.1) is 0 Å². The first-order chi connectivity index (χ1) is 7.29. The maximum absolute atomic E-state index is 5.52. The van der Waals surface area contributed by atoms with Crippen molar-refractivity contribution in [2.45, 2.75) is 0 Å². The standard InChI is InChI=1S/C5H5N5.ClH.I3.I2.H2O/c6-4-3-5(9-1-7-3)10-2-8-4;;1-3-2;1-2;/h1-2H,(H3,6,7,8,9,10);1H;;;1H2/q;;-1;;/p+1. The molecular weight excluding hydrogens is 816 g/mol. The van der Waals surface area contributed by atoms with Crippen molar-refractivity contribution in [1.82, 2.24) is 9.97 Å². The Morgan fingerprint density at radius 3 is 2.29 bits per heavy atom. The van der Waals surface area contributed by atoms with Crippen molar-refractivity contribution in [2.75, 3.05) is 5.73 Å². The Morgan fingerprint density at radius 2 is 1.82 bits per heavy atom. The van der Waals surface area contributed by atoms with Crippen molar-refractivity contribution < 1.29 is 41.1 Å². The predicted octanol–water partition coefficient (Wildman–Crippen LogP) is -4.50. The summed E-state index contributed by atoms with van der Waals surface area (Å²) in [6.07, 6.45) is 3.24. The number of nitrogen functional groups attached to an aromatic ring is 1. The molecular formula is C5H9ClI5N5O. The summed E-state index contributed by atoms with van der Waals surface area (Å²) >= 11 is 9.54. The van der Waals surface area contributed by atoms with Crippen LogP contribution in [0.3, 0.4) is 0 Å². The number of H-pyrrole nitrogens is 3. The normalized spacial score (nSPS) is 7.76. The first-order valence-corrected chi connectivity index (χ1v) is 22.2. The number of nitrogens with two attached hydrogens (primary N) is 1. The quantitative estimate of drug-likeness (QED) is 0.261. The fourth-order valence-corrected chi connectivity index (χ4v) is 0.872. The molecule has 0 saturated heterocycles. The fourth-order valence-electron chi connectivity index (χ4n) is 0.872. The van der Waals surface area contributed by atoms with E-state index in [0.717, 1.165) is 11.2 Å². The van der Waals surface area contributed by atoms with Crippen molar-refractivity contribution in [3.05, 3.63) is 12.7 Å². The number of hydrogen-bond acceptors (Lipinski definition) is 2. The number of aromatic nitrogens is 4. The van der Waals surface area contributed by atoms with Crippen LogP contribution < -0.4 is 41.4 Å². The summed E-state index contributed by atoms with van der Waals surface area (Å²) in [5, 5.41) is 0. The van der Waals surface area contributed by atoms with Crippen molar-refractivity contribution in [1.29, 1.82) is 0 Å². The van der Waals surface area contributed by atoms with Crippen LogP contribution in [0.25, 0.3) is 11.2 Å². The minimum absolute atomic E-state index is 0. The topological polar surface area (TPSA) is 114 Å². The Morgan fingerprint density at radius 1 is 1.29 bits per heavy atom. The Bertz CT molecular complexity index is 389. The summed E-state index contributed by atoms with van der Waals surface area (Å²) in [4.78, 5) is 12.6. The van der Waals surface area contributed by atoms with Gasteiger partial charge < -0.3 is 28.6 Å². The van der Waals surface area contributed by atoms with Crippen LogP contribution in [0.4, 0.5) is 5.82 Å². The number of hydrogen-bond donors (Lipinski definition) is 2. The van der Waals surface area contributed by atoms with E-state index in [2.05, 4.69) is 94.4 Å². The Kier molecular flexibility index (Phi) is 23.3. The van der Waals surface area contributed by atoms with Gasteiger partial charge in [0, 0.05) is 42.2 Å². The van der Waals surface area contributed by atoms with Crippen LogP contribution in [-0.4, -0.2) is 15.4 Å². The number of imidazole rings is 1. The molecule has 0 aliphatic heterocycles. The molecule has 0 bridgehead atoms. The van der Waals surface area contributed by atoms with Gasteiger partial charge in [0.05, 0.1) is 0 Å². The minimum Gasteiger partial charge on any atom is -1.00 e. The number of aromatic amines is 3. The van der Waals surface area contributed by atoms with Gasteiger partial charge in [0.2, 0.25) is 5.52 Å². The number of rotatable bonds is 0. The molecule has 0 aliphatic rings. The van der Waals surface area contributed by atoms with Crippen LogP contribution in [0.5, 0.6) is 0 Å². The van der Waals surface area contributed by atoms with Crippen molar-refractivity contribution >= 4 is 91.4 Å². The van der Waals surface area contributed by atoms with E-state index in [1.807, 2.05) is 0 Å². The van der Waals surface area contributed by atoms with E-state index in [0.29, 0.717) is 19.1 Å². The molecule has 0 aliphatic carbocycles. The summed E-state index contributed by atoms with van der Waals surface area (Å²) in [6.45, 7) is 0. The average molecular weight is 825 g/mol. The third-order valence-corrected chi connectivity index (χ3v) is 1.35. The summed E-state index contributed by atoms with van der Waals surface area (Å²) in [6, 6.07) is 0. The number of nitrogens with one attached hydrogen (secondary N) is 3. The van der Waals surface area contributed by atoms with Crippen molar-refractivity contribution in [3.63, 3.8) is 0 Å². The molecule has 2 rings (SSSR count). The molecule has 0 atom stereocenters. The molecule has 2 aromatic rings. The molecule has 0 saturated carbocycles. The number of nitrogens with zero attached hydrogens (tertiary/aromatic N) is 1. The minimum atomic E-state index is 0. The third kappa shape index (κ3) is 9.73. The Labute approximate surface area is 158 Å². The maximum Gasteiger partial charge on any atom is 0.368 e. The van der Waals surface area contributed by atoms with E-state index in [1.165, 1.54) is 0 Å². The molecule has 12 heteroatoms. The van der Waals surface area contributed by atoms with Crippen LogP contribution in [0.15, 0.2) is 12.7 Å². The SMILES string of the molecule is II.I[I-]I.Nc1nc[nH+]c2[nH+]c[nH]c12.O.[Cl-]. The molecule has 0 amide bonds. The van der Waals surface area contributed by atoms with Gasteiger partial charge in [-0.1, -0.05) is 0 Å². The zero-order valence-electron chi connectivity index (χ0n) is 7.95. The van der Waals surface area contributed by atoms with Gasteiger partial charge in [-0.25, -0.2) is 0 Å². The van der Waals surface area contributed by atoms with E-state index in [1.54, 1.807) is 12.7 Å². The number of halogens is 6. The summed E-state index contributed by atoms with van der Waals surface area (Å²) < 4.78 is 0. The molecule has 0 unspecified atom stereocenters. The smallest absolute Gasteiger partial charge is 0.368 e. The van der Waals surface area contributed by atoms with Crippen LogP contribution in [0.2, 0.25) is 0 Å². The average Bonchev–Trinajstić information content (AvgIpc) is 2.71. The molecule has 102 valence electrons. The van der Waals surface area contributed by atoms with Gasteiger partial charge >= 0.3 is 68.3 Å². The van der Waals surface area contributed by atoms with Gasteiger partial charge in [-0.2, -0.15) is 9.97 Å². The Hall–Kier alpha value is 2.25. The molecule has 0 fully saturated rings. The van der Waals surface area contributed by atoms with Gasteiger partial charge in [-0.3, -0.25) is 0 Å². The molecule has 17 heavy (non-hydrogen) atoms. The third-order valence-electron chi connectivity index (χ3n) is 1.35. The van der Waals surface area contributed by atoms with Crippen LogP contribution in [0, 0.1) is 0 Å². The fraction of sp³-hybridized carbons (Fsp3) is 0. The summed E-state index contributed by atoms with van der Waals surface area (Å²) in [5.74, 6) is 0.495. The molecule has 0 spiro atoms. The van der Waals surface area contributed by atoms with E-state index in [-0.39, 0.29) is 17.9 Å². The zero-order chi connectivity index (χ0) is 11.7. The second-order valence-electron chi connectivity index (χ2n) is 2.02. The number of anilines is 1. The van der Waals surface area contributed by atoms with Crippen LogP contribution in [0.1, 0.15) is 0 Å². The van der Waals surface area contributed by atoms with E-state index in [9.17, 15) is 0 Å². The molecule has 2 aromatic heterocycles. The van der Waals surface area contributed by atoms with Crippen LogP contribution >= 0.6 is 74.5 Å². The predicted molar refractivity (Wildman–Crippen MR) is 93.3 cm³/mol. The van der Waals surface area contributed by atoms with E-state index in [4.69, 9.17) is 5.73 Å². The van der Waals surface area contributed by atoms with Gasteiger partial charge in [0.25, 0.3) is 0 Å². The first-order valence-electron chi connectivity index (χ1n) is 3.32.